The maximum atomic E-state index is 13.6. The molecule has 0 aliphatic carbocycles. The number of carbonyl (C=O) groups is 1. The van der Waals surface area contributed by atoms with Crippen molar-refractivity contribution in [1.29, 1.82) is 0 Å². The summed E-state index contributed by atoms with van der Waals surface area (Å²) in [5.41, 5.74) is 2.41. The van der Waals surface area contributed by atoms with Crippen LogP contribution in [0.1, 0.15) is 31.4 Å². The van der Waals surface area contributed by atoms with Crippen LogP contribution in [0.3, 0.4) is 0 Å². The van der Waals surface area contributed by atoms with Gasteiger partial charge in [0.1, 0.15) is 18.0 Å². The first-order chi connectivity index (χ1) is 17.3. The summed E-state index contributed by atoms with van der Waals surface area (Å²) >= 11 is 0. The lowest BCUT2D eigenvalue weighted by Crippen LogP contribution is -2.41. The molecule has 0 radical (unpaired) electrons. The van der Waals surface area contributed by atoms with Crippen molar-refractivity contribution in [3.63, 3.8) is 0 Å². The van der Waals surface area contributed by atoms with Crippen LogP contribution in [0.25, 0.3) is 0 Å². The zero-order chi connectivity index (χ0) is 26.0. The summed E-state index contributed by atoms with van der Waals surface area (Å²) in [5.74, 6) is 0.847. The van der Waals surface area contributed by atoms with Gasteiger partial charge < -0.3 is 14.8 Å². The first-order valence-electron chi connectivity index (χ1n) is 12.1. The Morgan fingerprint density at radius 2 is 1.56 bits per heavy atom. The van der Waals surface area contributed by atoms with Gasteiger partial charge in [0.05, 0.1) is 23.8 Å². The molecule has 3 rings (SSSR count). The highest BCUT2D eigenvalue weighted by Gasteiger charge is 2.29. The Bertz CT molecular complexity index is 1230. The minimum atomic E-state index is -4.01. The Morgan fingerprint density at radius 1 is 0.889 bits per heavy atom. The normalized spacial score (nSPS) is 11.1. The van der Waals surface area contributed by atoms with Crippen LogP contribution in [0.5, 0.6) is 11.5 Å². The van der Waals surface area contributed by atoms with Crippen molar-refractivity contribution in [2.75, 3.05) is 30.6 Å². The molecule has 3 aromatic carbocycles. The van der Waals surface area contributed by atoms with Gasteiger partial charge in [-0.1, -0.05) is 42.0 Å². The molecule has 0 aliphatic heterocycles. The quantitative estimate of drug-likeness (QED) is 0.336. The first kappa shape index (κ1) is 27.1. The average Bonchev–Trinajstić information content (AvgIpc) is 2.87. The fourth-order valence-electron chi connectivity index (χ4n) is 3.70. The van der Waals surface area contributed by atoms with Crippen LogP contribution in [-0.4, -0.2) is 40.6 Å². The molecule has 192 valence electrons. The number of sulfonamides is 1. The van der Waals surface area contributed by atoms with E-state index in [0.29, 0.717) is 31.2 Å². The van der Waals surface area contributed by atoms with Crippen LogP contribution in [0, 0.1) is 6.92 Å². The summed E-state index contributed by atoms with van der Waals surface area (Å²) in [4.78, 5) is 13.0. The first-order valence-corrected chi connectivity index (χ1v) is 13.6. The highest BCUT2D eigenvalue weighted by molar-refractivity contribution is 7.92. The molecule has 1 amide bonds. The van der Waals surface area contributed by atoms with Crippen LogP contribution >= 0.6 is 0 Å². The molecule has 36 heavy (non-hydrogen) atoms. The number of ether oxygens (including phenoxy) is 2. The van der Waals surface area contributed by atoms with Gasteiger partial charge in [-0.25, -0.2) is 8.42 Å². The monoisotopic (exact) mass is 510 g/mol. The van der Waals surface area contributed by atoms with Crippen LogP contribution in [0.15, 0.2) is 77.7 Å². The maximum absolute atomic E-state index is 13.6. The lowest BCUT2D eigenvalue weighted by molar-refractivity contribution is -0.119. The molecular weight excluding hydrogens is 476 g/mol. The molecular formula is C28H34N2O5S. The Hall–Kier alpha value is -3.52. The average molecular weight is 511 g/mol. The molecule has 0 saturated carbocycles. The lowest BCUT2D eigenvalue weighted by atomic mass is 10.1. The predicted octanol–water partition coefficient (Wildman–Crippen LogP) is 4.74. The number of nitrogens with zero attached hydrogens (tertiary/aromatic N) is 1. The van der Waals surface area contributed by atoms with E-state index in [1.165, 1.54) is 0 Å². The van der Waals surface area contributed by atoms with E-state index in [1.807, 2.05) is 45.0 Å². The second-order valence-corrected chi connectivity index (χ2v) is 10.1. The number of anilines is 1. The number of benzene rings is 3. The third kappa shape index (κ3) is 7.24. The van der Waals surface area contributed by atoms with Crippen molar-refractivity contribution in [3.8, 4) is 11.5 Å². The van der Waals surface area contributed by atoms with Gasteiger partial charge in [0.15, 0.2) is 0 Å². The van der Waals surface area contributed by atoms with Gasteiger partial charge in [-0.3, -0.25) is 9.10 Å². The number of para-hydroxylation sites is 2. The van der Waals surface area contributed by atoms with Gasteiger partial charge in [-0.05, 0) is 75.6 Å². The molecule has 0 heterocycles. The molecule has 0 saturated heterocycles. The Labute approximate surface area is 214 Å². The van der Waals surface area contributed by atoms with Gasteiger partial charge in [0, 0.05) is 6.54 Å². The predicted molar refractivity (Wildman–Crippen MR) is 142 cm³/mol. The van der Waals surface area contributed by atoms with Gasteiger partial charge in [0.2, 0.25) is 5.91 Å². The summed E-state index contributed by atoms with van der Waals surface area (Å²) in [5, 5.41) is 2.86. The molecule has 0 spiro atoms. The highest BCUT2D eigenvalue weighted by atomic mass is 32.2. The van der Waals surface area contributed by atoms with E-state index in [0.717, 1.165) is 34.0 Å². The highest BCUT2D eigenvalue weighted by Crippen LogP contribution is 2.32. The van der Waals surface area contributed by atoms with Crippen molar-refractivity contribution in [2.45, 2.75) is 38.5 Å². The standard InChI is InChI=1S/C28H34N2O5S/c1-4-34-24-16-14-23(15-17-24)9-8-20-29-28(31)21-30(26-10-6-7-11-27(26)35-5-2)36(32,33)25-18-12-22(3)13-19-25/h6-7,10-19H,4-5,8-9,20-21H2,1-3H3,(H,29,31). The van der Waals surface area contributed by atoms with E-state index in [4.69, 9.17) is 9.47 Å². The van der Waals surface area contributed by atoms with Gasteiger partial charge in [-0.2, -0.15) is 0 Å². The number of hydrogen-bond donors (Lipinski definition) is 1. The molecule has 7 nitrogen and oxygen atoms in total. The Kier molecular flexibility index (Phi) is 9.76. The molecule has 8 heteroatoms. The molecule has 3 aromatic rings. The minimum absolute atomic E-state index is 0.114. The number of amides is 1. The van der Waals surface area contributed by atoms with E-state index in [1.54, 1.807) is 48.5 Å². The third-order valence-electron chi connectivity index (χ3n) is 5.53. The number of hydrogen-bond acceptors (Lipinski definition) is 5. The summed E-state index contributed by atoms with van der Waals surface area (Å²) in [6.45, 7) is 6.72. The van der Waals surface area contributed by atoms with Crippen LogP contribution < -0.4 is 19.1 Å². The largest absolute Gasteiger partial charge is 0.494 e. The Morgan fingerprint density at radius 3 is 2.22 bits per heavy atom. The van der Waals surface area contributed by atoms with Crippen molar-refractivity contribution < 1.29 is 22.7 Å². The van der Waals surface area contributed by atoms with E-state index in [9.17, 15) is 13.2 Å². The topological polar surface area (TPSA) is 84.9 Å². The van der Waals surface area contributed by atoms with Crippen molar-refractivity contribution in [1.82, 2.24) is 5.32 Å². The number of rotatable bonds is 13. The zero-order valence-electron chi connectivity index (χ0n) is 21.1. The van der Waals surface area contributed by atoms with Crippen molar-refractivity contribution in [3.05, 3.63) is 83.9 Å². The van der Waals surface area contributed by atoms with E-state index >= 15 is 0 Å². The second-order valence-electron chi connectivity index (χ2n) is 8.26. The van der Waals surface area contributed by atoms with Gasteiger partial charge in [0.25, 0.3) is 10.0 Å². The lowest BCUT2D eigenvalue weighted by Gasteiger charge is -2.26. The van der Waals surface area contributed by atoms with Crippen LogP contribution in [-0.2, 0) is 21.2 Å². The van der Waals surface area contributed by atoms with E-state index in [-0.39, 0.29) is 17.3 Å². The summed E-state index contributed by atoms with van der Waals surface area (Å²) < 4.78 is 39.5. The molecule has 1 N–H and O–H groups in total. The van der Waals surface area contributed by atoms with Gasteiger partial charge in [-0.15, -0.1) is 0 Å². The molecule has 0 fully saturated rings. The maximum Gasteiger partial charge on any atom is 0.264 e. The van der Waals surface area contributed by atoms with Crippen molar-refractivity contribution >= 4 is 21.6 Å². The number of carbonyl (C=O) groups excluding carboxylic acids is 1. The van der Waals surface area contributed by atoms with E-state index < -0.39 is 10.0 Å². The summed E-state index contributed by atoms with van der Waals surface area (Å²) in [7, 11) is -4.01. The van der Waals surface area contributed by atoms with Gasteiger partial charge >= 0.3 is 0 Å². The summed E-state index contributed by atoms with van der Waals surface area (Å²) in [6, 6.07) is 21.3. The fraction of sp³-hybridized carbons (Fsp3) is 0.321. The Balaban J connectivity index is 1.71. The van der Waals surface area contributed by atoms with Crippen molar-refractivity contribution in [2.24, 2.45) is 0 Å². The molecule has 0 aromatic heterocycles. The second kappa shape index (κ2) is 13.0. The zero-order valence-corrected chi connectivity index (χ0v) is 21.9. The van der Waals surface area contributed by atoms with E-state index in [2.05, 4.69) is 5.32 Å². The smallest absolute Gasteiger partial charge is 0.264 e. The van der Waals surface area contributed by atoms with Crippen LogP contribution in [0.4, 0.5) is 5.69 Å². The van der Waals surface area contributed by atoms with Crippen LogP contribution in [0.2, 0.25) is 0 Å². The minimum Gasteiger partial charge on any atom is -0.494 e. The molecule has 0 unspecified atom stereocenters. The summed E-state index contributed by atoms with van der Waals surface area (Å²) in [6.07, 6.45) is 1.51. The fourth-order valence-corrected chi connectivity index (χ4v) is 5.14. The number of aryl methyl sites for hydroxylation is 2. The molecule has 0 atom stereocenters. The third-order valence-corrected chi connectivity index (χ3v) is 7.30. The molecule has 0 bridgehead atoms. The number of nitrogens with one attached hydrogen (secondary N) is 1. The SMILES string of the molecule is CCOc1ccc(CCCNC(=O)CN(c2ccccc2OCC)S(=O)(=O)c2ccc(C)cc2)cc1. The molecule has 0 aliphatic rings.